The zero-order chi connectivity index (χ0) is 11.0. The maximum absolute atomic E-state index is 9.15. The van der Waals surface area contributed by atoms with Crippen LogP contribution >= 0.6 is 0 Å². The van der Waals surface area contributed by atoms with Gasteiger partial charge < -0.3 is 14.1 Å². The molecule has 0 spiro atoms. The van der Waals surface area contributed by atoms with E-state index >= 15 is 0 Å². The summed E-state index contributed by atoms with van der Waals surface area (Å²) >= 11 is 0. The topological polar surface area (TPSA) is 51.2 Å². The molecular weight excluding hydrogens is 204 g/mol. The van der Waals surface area contributed by atoms with Crippen LogP contribution in [0.2, 0.25) is 0 Å². The van der Waals surface area contributed by atoms with Gasteiger partial charge in [0, 0.05) is 25.8 Å². The summed E-state index contributed by atoms with van der Waals surface area (Å²) in [6, 6.07) is 3.78. The summed E-state index contributed by atoms with van der Waals surface area (Å²) in [5, 5.41) is 9.15. The van der Waals surface area contributed by atoms with Crippen molar-refractivity contribution in [2.75, 3.05) is 6.61 Å². The quantitative estimate of drug-likeness (QED) is 0.834. The van der Waals surface area contributed by atoms with Crippen molar-refractivity contribution in [3.05, 3.63) is 30.4 Å². The zero-order valence-corrected chi connectivity index (χ0v) is 8.97. The average molecular weight is 218 g/mol. The fourth-order valence-electron chi connectivity index (χ4n) is 2.19. The zero-order valence-electron chi connectivity index (χ0n) is 8.97. The van der Waals surface area contributed by atoms with Crippen molar-refractivity contribution >= 4 is 0 Å². The van der Waals surface area contributed by atoms with Crippen LogP contribution in [0.25, 0.3) is 11.5 Å². The van der Waals surface area contributed by atoms with Gasteiger partial charge in [-0.2, -0.15) is 0 Å². The fourth-order valence-corrected chi connectivity index (χ4v) is 2.19. The van der Waals surface area contributed by atoms with E-state index in [-0.39, 0.29) is 6.61 Å². The Labute approximate surface area is 93.5 Å². The first kappa shape index (κ1) is 9.66. The van der Waals surface area contributed by atoms with Crippen LogP contribution in [0.3, 0.4) is 0 Å². The molecule has 3 heterocycles. The van der Waals surface area contributed by atoms with Gasteiger partial charge in [-0.1, -0.05) is 0 Å². The minimum Gasteiger partial charge on any atom is -0.463 e. The number of rotatable bonds is 2. The van der Waals surface area contributed by atoms with E-state index in [0.717, 1.165) is 36.7 Å². The van der Waals surface area contributed by atoms with Gasteiger partial charge in [0.2, 0.25) is 0 Å². The van der Waals surface area contributed by atoms with Gasteiger partial charge in [-0.25, -0.2) is 4.98 Å². The second kappa shape index (κ2) is 3.79. The van der Waals surface area contributed by atoms with Crippen molar-refractivity contribution in [1.29, 1.82) is 0 Å². The van der Waals surface area contributed by atoms with Crippen LogP contribution < -0.4 is 0 Å². The first-order valence-electron chi connectivity index (χ1n) is 5.57. The van der Waals surface area contributed by atoms with Gasteiger partial charge in [0.25, 0.3) is 0 Å². The molecule has 0 radical (unpaired) electrons. The molecule has 2 aromatic heterocycles. The highest BCUT2D eigenvalue weighted by atomic mass is 16.3. The number of fused-ring (bicyclic) bond motifs is 1. The van der Waals surface area contributed by atoms with Gasteiger partial charge in [-0.3, -0.25) is 0 Å². The highest BCUT2D eigenvalue weighted by Crippen LogP contribution is 2.24. The molecule has 1 atom stereocenters. The summed E-state index contributed by atoms with van der Waals surface area (Å²) in [6.45, 7) is 1.19. The number of imidazole rings is 1. The van der Waals surface area contributed by atoms with E-state index in [9.17, 15) is 0 Å². The third-order valence-electron chi connectivity index (χ3n) is 3.14. The van der Waals surface area contributed by atoms with Gasteiger partial charge in [0.15, 0.2) is 5.76 Å². The number of hydrogen-bond donors (Lipinski definition) is 1. The molecular formula is C12H14N2O2. The van der Waals surface area contributed by atoms with Gasteiger partial charge >= 0.3 is 0 Å². The van der Waals surface area contributed by atoms with Gasteiger partial charge in [-0.05, 0) is 24.5 Å². The Bertz CT molecular complexity index is 473. The lowest BCUT2D eigenvalue weighted by atomic mass is 9.99. The molecule has 84 valence electrons. The molecule has 4 nitrogen and oxygen atoms in total. The van der Waals surface area contributed by atoms with Crippen LogP contribution in [-0.2, 0) is 13.0 Å². The minimum atomic E-state index is 0.253. The van der Waals surface area contributed by atoms with Crippen LogP contribution in [0.15, 0.2) is 29.0 Å². The number of aliphatic hydroxyl groups excluding tert-OH is 1. The van der Waals surface area contributed by atoms with Crippen LogP contribution in [0.4, 0.5) is 0 Å². The smallest absolute Gasteiger partial charge is 0.153 e. The predicted octanol–water partition coefficient (Wildman–Crippen LogP) is 1.70. The third-order valence-corrected chi connectivity index (χ3v) is 3.14. The lowest BCUT2D eigenvalue weighted by molar-refractivity contribution is 0.199. The normalized spacial score (nSPS) is 19.7. The molecule has 1 aliphatic heterocycles. The van der Waals surface area contributed by atoms with Crippen LogP contribution in [0.5, 0.6) is 0 Å². The fraction of sp³-hybridized carbons (Fsp3) is 0.417. The molecule has 0 amide bonds. The standard InChI is InChI=1S/C12H14N2O2/c15-8-9-3-4-14-7-10(13-12(14)6-9)11-2-1-5-16-11/h1-2,5,7,9,15H,3-4,6,8H2. The Hall–Kier alpha value is -1.55. The van der Waals surface area contributed by atoms with Crippen LogP contribution in [0.1, 0.15) is 12.2 Å². The summed E-state index contributed by atoms with van der Waals surface area (Å²) in [7, 11) is 0. The molecule has 1 N–H and O–H groups in total. The first-order valence-corrected chi connectivity index (χ1v) is 5.57. The van der Waals surface area contributed by atoms with Crippen LogP contribution in [0, 0.1) is 5.92 Å². The number of aromatic nitrogens is 2. The van der Waals surface area contributed by atoms with E-state index in [0.29, 0.717) is 5.92 Å². The summed E-state index contributed by atoms with van der Waals surface area (Å²) < 4.78 is 7.48. The summed E-state index contributed by atoms with van der Waals surface area (Å²) in [4.78, 5) is 4.55. The van der Waals surface area contributed by atoms with E-state index in [1.165, 1.54) is 0 Å². The number of nitrogens with zero attached hydrogens (tertiary/aromatic N) is 2. The Kier molecular flexibility index (Phi) is 2.29. The number of aryl methyl sites for hydroxylation is 1. The minimum absolute atomic E-state index is 0.253. The molecule has 0 aliphatic carbocycles. The SMILES string of the molecule is OCC1CCn2cc(-c3ccco3)nc2C1. The maximum Gasteiger partial charge on any atom is 0.153 e. The molecule has 0 bridgehead atoms. The molecule has 0 fully saturated rings. The third kappa shape index (κ3) is 1.55. The van der Waals surface area contributed by atoms with Crippen molar-refractivity contribution in [1.82, 2.24) is 9.55 Å². The molecule has 0 saturated carbocycles. The molecule has 3 rings (SSSR count). The second-order valence-corrected chi connectivity index (χ2v) is 4.25. The Balaban J connectivity index is 1.92. The largest absolute Gasteiger partial charge is 0.463 e. The highest BCUT2D eigenvalue weighted by Gasteiger charge is 2.20. The first-order chi connectivity index (χ1) is 7.86. The average Bonchev–Trinajstić information content (AvgIpc) is 2.96. The van der Waals surface area contributed by atoms with E-state index in [4.69, 9.17) is 9.52 Å². The van der Waals surface area contributed by atoms with Crippen molar-refractivity contribution in [2.24, 2.45) is 5.92 Å². The molecule has 1 aliphatic rings. The molecule has 4 heteroatoms. The number of furan rings is 1. The van der Waals surface area contributed by atoms with E-state index in [2.05, 4.69) is 9.55 Å². The second-order valence-electron chi connectivity index (χ2n) is 4.25. The summed E-state index contributed by atoms with van der Waals surface area (Å²) in [5.74, 6) is 2.22. The van der Waals surface area contributed by atoms with E-state index in [1.54, 1.807) is 6.26 Å². The molecule has 0 saturated heterocycles. The highest BCUT2D eigenvalue weighted by molar-refractivity contribution is 5.51. The van der Waals surface area contributed by atoms with Crippen molar-refractivity contribution < 1.29 is 9.52 Å². The Morgan fingerprint density at radius 3 is 3.25 bits per heavy atom. The maximum atomic E-state index is 9.15. The molecule has 1 unspecified atom stereocenters. The van der Waals surface area contributed by atoms with Crippen LogP contribution in [-0.4, -0.2) is 21.3 Å². The summed E-state index contributed by atoms with van der Waals surface area (Å²) in [5.41, 5.74) is 0.888. The molecule has 16 heavy (non-hydrogen) atoms. The predicted molar refractivity (Wildman–Crippen MR) is 58.8 cm³/mol. The number of hydrogen-bond acceptors (Lipinski definition) is 3. The Morgan fingerprint density at radius 2 is 2.50 bits per heavy atom. The van der Waals surface area contributed by atoms with Gasteiger partial charge in [0.05, 0.1) is 6.26 Å². The van der Waals surface area contributed by atoms with Crippen molar-refractivity contribution in [3.63, 3.8) is 0 Å². The van der Waals surface area contributed by atoms with Gasteiger partial charge in [0.1, 0.15) is 11.5 Å². The van der Waals surface area contributed by atoms with Crippen molar-refractivity contribution in [3.8, 4) is 11.5 Å². The number of aliphatic hydroxyl groups is 1. The van der Waals surface area contributed by atoms with Gasteiger partial charge in [-0.15, -0.1) is 0 Å². The lowest BCUT2D eigenvalue weighted by Crippen LogP contribution is -2.21. The van der Waals surface area contributed by atoms with E-state index in [1.807, 2.05) is 18.3 Å². The van der Waals surface area contributed by atoms with Crippen molar-refractivity contribution in [2.45, 2.75) is 19.4 Å². The Morgan fingerprint density at radius 1 is 1.56 bits per heavy atom. The lowest BCUT2D eigenvalue weighted by Gasteiger charge is -2.20. The van der Waals surface area contributed by atoms with E-state index < -0.39 is 0 Å². The molecule has 0 aromatic carbocycles. The summed E-state index contributed by atoms with van der Waals surface area (Å²) in [6.07, 6.45) is 5.57. The monoisotopic (exact) mass is 218 g/mol. The molecule has 2 aromatic rings.